The maximum atomic E-state index is 12.5. The Morgan fingerprint density at radius 1 is 1.31 bits per heavy atom. The highest BCUT2D eigenvalue weighted by atomic mass is 35.5. The van der Waals surface area contributed by atoms with Crippen LogP contribution in [0.15, 0.2) is 30.5 Å². The smallest absolute Gasteiger partial charge is 0.230 e. The van der Waals surface area contributed by atoms with Crippen LogP contribution >= 0.6 is 23.2 Å². The molecule has 1 aromatic heterocycles. The number of phenolic OH excluding ortho intramolecular Hbond substituents is 1. The summed E-state index contributed by atoms with van der Waals surface area (Å²) in [6, 6.07) is 6.01. The van der Waals surface area contributed by atoms with Crippen molar-refractivity contribution >= 4 is 50.6 Å². The van der Waals surface area contributed by atoms with E-state index < -0.39 is 10.0 Å². The molecule has 26 heavy (non-hydrogen) atoms. The first-order valence-electron chi connectivity index (χ1n) is 7.57. The molecule has 1 fully saturated rings. The van der Waals surface area contributed by atoms with Gasteiger partial charge in [0.15, 0.2) is 0 Å². The second-order valence-electron chi connectivity index (χ2n) is 5.97. The third-order valence-electron chi connectivity index (χ3n) is 3.99. The normalized spacial score (nSPS) is 17.6. The molecule has 0 spiro atoms. The van der Waals surface area contributed by atoms with Gasteiger partial charge in [0.1, 0.15) is 11.6 Å². The number of carbonyl (C=O) groups excluding carboxylic acids is 1. The van der Waals surface area contributed by atoms with E-state index in [1.165, 1.54) is 29.3 Å². The van der Waals surface area contributed by atoms with Crippen LogP contribution < -0.4 is 9.62 Å². The minimum absolute atomic E-state index is 0.0202. The molecule has 10 heteroatoms. The summed E-state index contributed by atoms with van der Waals surface area (Å²) in [5.41, 5.74) is 0.926. The van der Waals surface area contributed by atoms with Crippen molar-refractivity contribution in [3.8, 4) is 5.75 Å². The number of phenols is 1. The zero-order valence-corrected chi connectivity index (χ0v) is 15.9. The number of anilines is 2. The second-order valence-corrected chi connectivity index (χ2v) is 8.51. The van der Waals surface area contributed by atoms with E-state index in [2.05, 4.69) is 9.71 Å². The van der Waals surface area contributed by atoms with Gasteiger partial charge in [0.05, 0.1) is 16.3 Å². The van der Waals surface area contributed by atoms with Crippen molar-refractivity contribution in [1.29, 1.82) is 0 Å². The van der Waals surface area contributed by atoms with E-state index in [1.807, 2.05) is 0 Å². The number of rotatable bonds is 4. The SMILES string of the molecule is CS(=O)(=O)Nc1cc(N2C[C@H](c3c(O)ccc(Cl)c3Cl)CC2=O)ccn1. The maximum absolute atomic E-state index is 12.5. The first-order valence-corrected chi connectivity index (χ1v) is 10.2. The van der Waals surface area contributed by atoms with Gasteiger partial charge in [-0.2, -0.15) is 0 Å². The molecule has 1 aromatic carbocycles. The Hall–Kier alpha value is -2.03. The standard InChI is InChI=1S/C16H15Cl2N3O4S/c1-26(24,25)20-13-7-10(4-5-19-13)21-8-9(6-14(21)23)15-12(22)3-2-11(17)16(15)18/h2-5,7,9,22H,6,8H2,1H3,(H,19,20)/t9-/m1/s1. The number of nitrogens with zero attached hydrogens (tertiary/aromatic N) is 2. The van der Waals surface area contributed by atoms with Crippen molar-refractivity contribution in [1.82, 2.24) is 4.98 Å². The van der Waals surface area contributed by atoms with Gasteiger partial charge in [0, 0.05) is 42.4 Å². The molecule has 0 bridgehead atoms. The van der Waals surface area contributed by atoms with Gasteiger partial charge >= 0.3 is 0 Å². The first-order chi connectivity index (χ1) is 12.2. The summed E-state index contributed by atoms with van der Waals surface area (Å²) in [5, 5.41) is 10.7. The van der Waals surface area contributed by atoms with Crippen molar-refractivity contribution in [3.05, 3.63) is 46.1 Å². The number of carbonyl (C=O) groups is 1. The molecule has 7 nitrogen and oxygen atoms in total. The fourth-order valence-corrected chi connectivity index (χ4v) is 3.90. The van der Waals surface area contributed by atoms with Gasteiger partial charge in [0.25, 0.3) is 0 Å². The molecule has 2 N–H and O–H groups in total. The zero-order valence-electron chi connectivity index (χ0n) is 13.6. The maximum Gasteiger partial charge on any atom is 0.230 e. The summed E-state index contributed by atoms with van der Waals surface area (Å²) < 4.78 is 25.0. The van der Waals surface area contributed by atoms with Crippen LogP contribution in [0.5, 0.6) is 5.75 Å². The van der Waals surface area contributed by atoms with Crippen LogP contribution in [-0.2, 0) is 14.8 Å². The number of nitrogens with one attached hydrogen (secondary N) is 1. The molecule has 1 amide bonds. The Morgan fingerprint density at radius 2 is 2.04 bits per heavy atom. The third kappa shape index (κ3) is 3.87. The van der Waals surface area contributed by atoms with E-state index in [0.717, 1.165) is 6.26 Å². The summed E-state index contributed by atoms with van der Waals surface area (Å²) in [7, 11) is -3.48. The molecule has 0 unspecified atom stereocenters. The van der Waals surface area contributed by atoms with Crippen LogP contribution in [0.1, 0.15) is 17.9 Å². The highest BCUT2D eigenvalue weighted by Crippen LogP contribution is 2.42. The number of sulfonamides is 1. The summed E-state index contributed by atoms with van der Waals surface area (Å²) in [6.07, 6.45) is 2.57. The molecule has 3 rings (SSSR count). The molecular weight excluding hydrogens is 401 g/mol. The molecule has 2 heterocycles. The lowest BCUT2D eigenvalue weighted by molar-refractivity contribution is -0.117. The van der Waals surface area contributed by atoms with Gasteiger partial charge in [-0.05, 0) is 18.2 Å². The molecule has 1 aliphatic heterocycles. The largest absolute Gasteiger partial charge is 0.508 e. The fourth-order valence-electron chi connectivity index (χ4n) is 2.93. The summed E-state index contributed by atoms with van der Waals surface area (Å²) >= 11 is 12.2. The van der Waals surface area contributed by atoms with Gasteiger partial charge in [-0.3, -0.25) is 9.52 Å². The van der Waals surface area contributed by atoms with Gasteiger partial charge in [-0.15, -0.1) is 0 Å². The number of hydrogen-bond donors (Lipinski definition) is 2. The topological polar surface area (TPSA) is 99.6 Å². The van der Waals surface area contributed by atoms with Crippen LogP contribution in [-0.4, -0.2) is 37.2 Å². The Labute approximate surface area is 160 Å². The summed E-state index contributed by atoms with van der Waals surface area (Å²) in [6.45, 7) is 0.273. The minimum atomic E-state index is -3.48. The highest BCUT2D eigenvalue weighted by Gasteiger charge is 2.35. The zero-order chi connectivity index (χ0) is 19.1. The number of halogens is 2. The van der Waals surface area contributed by atoms with Crippen molar-refractivity contribution in [2.45, 2.75) is 12.3 Å². The fraction of sp³-hybridized carbons (Fsp3) is 0.250. The molecule has 0 radical (unpaired) electrons. The highest BCUT2D eigenvalue weighted by molar-refractivity contribution is 7.92. The Balaban J connectivity index is 1.90. The van der Waals surface area contributed by atoms with E-state index in [0.29, 0.717) is 16.3 Å². The van der Waals surface area contributed by atoms with E-state index in [9.17, 15) is 18.3 Å². The van der Waals surface area contributed by atoms with Gasteiger partial charge < -0.3 is 10.0 Å². The van der Waals surface area contributed by atoms with E-state index in [-0.39, 0.29) is 41.4 Å². The lowest BCUT2D eigenvalue weighted by Gasteiger charge is -2.18. The van der Waals surface area contributed by atoms with Crippen molar-refractivity contribution in [2.24, 2.45) is 0 Å². The quantitative estimate of drug-likeness (QED) is 0.799. The van der Waals surface area contributed by atoms with E-state index in [1.54, 1.807) is 6.07 Å². The van der Waals surface area contributed by atoms with Gasteiger partial charge in [-0.25, -0.2) is 13.4 Å². The first kappa shape index (κ1) is 18.8. The van der Waals surface area contributed by atoms with Crippen molar-refractivity contribution in [3.63, 3.8) is 0 Å². The number of aromatic nitrogens is 1. The third-order valence-corrected chi connectivity index (χ3v) is 5.39. The lowest BCUT2D eigenvalue weighted by atomic mass is 9.97. The van der Waals surface area contributed by atoms with Crippen molar-refractivity contribution < 1.29 is 18.3 Å². The van der Waals surface area contributed by atoms with Crippen LogP contribution in [0, 0.1) is 0 Å². The van der Waals surface area contributed by atoms with E-state index in [4.69, 9.17) is 23.2 Å². The Kier molecular flexibility index (Phi) is 5.01. The van der Waals surface area contributed by atoms with E-state index >= 15 is 0 Å². The molecule has 0 saturated carbocycles. The van der Waals surface area contributed by atoms with Crippen LogP contribution in [0.25, 0.3) is 0 Å². The summed E-state index contributed by atoms with van der Waals surface area (Å²) in [4.78, 5) is 17.9. The molecule has 1 atom stereocenters. The Morgan fingerprint density at radius 3 is 2.73 bits per heavy atom. The number of aromatic hydroxyl groups is 1. The average molecular weight is 416 g/mol. The van der Waals surface area contributed by atoms with Crippen LogP contribution in [0.3, 0.4) is 0 Å². The molecule has 138 valence electrons. The molecule has 0 aliphatic carbocycles. The number of pyridine rings is 1. The Bertz CT molecular complexity index is 981. The molecule has 2 aromatic rings. The second kappa shape index (κ2) is 6.94. The van der Waals surface area contributed by atoms with Crippen LogP contribution in [0.4, 0.5) is 11.5 Å². The molecule has 1 aliphatic rings. The predicted octanol–water partition coefficient (Wildman–Crippen LogP) is 2.99. The summed E-state index contributed by atoms with van der Waals surface area (Å²) in [5.74, 6) is -0.423. The number of benzene rings is 1. The molecular formula is C16H15Cl2N3O4S. The minimum Gasteiger partial charge on any atom is -0.508 e. The monoisotopic (exact) mass is 415 g/mol. The predicted molar refractivity (Wildman–Crippen MR) is 101 cm³/mol. The van der Waals surface area contributed by atoms with Crippen LogP contribution in [0.2, 0.25) is 10.0 Å². The van der Waals surface area contributed by atoms with Gasteiger partial charge in [0.2, 0.25) is 15.9 Å². The number of amides is 1. The number of hydrogen-bond acceptors (Lipinski definition) is 5. The van der Waals surface area contributed by atoms with Gasteiger partial charge in [-0.1, -0.05) is 23.2 Å². The molecule has 1 saturated heterocycles. The lowest BCUT2D eigenvalue weighted by Crippen LogP contribution is -2.24. The average Bonchev–Trinajstić information content (AvgIpc) is 2.91. The van der Waals surface area contributed by atoms with Crippen molar-refractivity contribution in [2.75, 3.05) is 22.4 Å².